The molecule has 0 saturated carbocycles. The molecule has 4 aliphatic rings. The zero-order valence-electron chi connectivity index (χ0n) is 20.9. The van der Waals surface area contributed by atoms with Crippen LogP contribution in [0.25, 0.3) is 0 Å². The highest BCUT2D eigenvalue weighted by Crippen LogP contribution is 2.30. The van der Waals surface area contributed by atoms with Crippen LogP contribution < -0.4 is 5.32 Å². The van der Waals surface area contributed by atoms with E-state index in [1.165, 1.54) is 0 Å². The van der Waals surface area contributed by atoms with Gasteiger partial charge in [0, 0.05) is 63.7 Å². The van der Waals surface area contributed by atoms with Crippen molar-refractivity contribution in [3.05, 3.63) is 41.7 Å². The van der Waals surface area contributed by atoms with Gasteiger partial charge in [-0.2, -0.15) is 0 Å². The fraction of sp³-hybridized carbons (Fsp3) is 0.577. The Bertz CT molecular complexity index is 1030. The predicted molar refractivity (Wildman–Crippen MR) is 135 cm³/mol. The molecule has 3 saturated heterocycles. The van der Waals surface area contributed by atoms with Gasteiger partial charge in [0.25, 0.3) is 5.91 Å². The highest BCUT2D eigenvalue weighted by atomic mass is 16.5. The van der Waals surface area contributed by atoms with Crippen LogP contribution in [0.4, 0.5) is 5.69 Å². The number of likely N-dealkylation sites (N-methyl/N-ethyl adjacent to an activating group) is 2. The summed E-state index contributed by atoms with van der Waals surface area (Å²) in [5.74, 6) is 1.91. The highest BCUT2D eigenvalue weighted by Gasteiger charge is 2.44. The van der Waals surface area contributed by atoms with Crippen LogP contribution in [0.3, 0.4) is 0 Å². The monoisotopic (exact) mass is 480 g/mol. The Morgan fingerprint density at radius 1 is 1.11 bits per heavy atom. The van der Waals surface area contributed by atoms with Crippen LogP contribution >= 0.6 is 0 Å². The zero-order chi connectivity index (χ0) is 24.5. The van der Waals surface area contributed by atoms with Crippen LogP contribution in [0.5, 0.6) is 0 Å². The minimum atomic E-state index is -0.248. The van der Waals surface area contributed by atoms with Crippen molar-refractivity contribution in [2.24, 2.45) is 4.99 Å². The lowest BCUT2D eigenvalue weighted by molar-refractivity contribution is -0.138. The molecule has 0 radical (unpaired) electrons. The van der Waals surface area contributed by atoms with Crippen molar-refractivity contribution in [3.63, 3.8) is 0 Å². The Labute approximate surface area is 207 Å². The molecule has 4 heterocycles. The topological polar surface area (TPSA) is 80.7 Å². The Kier molecular flexibility index (Phi) is 6.80. The summed E-state index contributed by atoms with van der Waals surface area (Å²) in [7, 11) is 3.96. The molecule has 1 N–H and O–H groups in total. The smallest absolute Gasteiger partial charge is 0.254 e. The Morgan fingerprint density at radius 3 is 2.60 bits per heavy atom. The molecule has 2 atom stereocenters. The highest BCUT2D eigenvalue weighted by molar-refractivity contribution is 6.01. The van der Waals surface area contributed by atoms with Crippen molar-refractivity contribution in [2.45, 2.75) is 44.3 Å². The lowest BCUT2D eigenvalue weighted by atomic mass is 9.96. The second-order valence-corrected chi connectivity index (χ2v) is 9.99. The van der Waals surface area contributed by atoms with E-state index in [1.54, 1.807) is 0 Å². The van der Waals surface area contributed by atoms with Gasteiger partial charge in [0.2, 0.25) is 5.91 Å². The van der Waals surface area contributed by atoms with Gasteiger partial charge in [-0.25, -0.2) is 4.99 Å². The average Bonchev–Trinajstić information content (AvgIpc) is 2.88. The Morgan fingerprint density at radius 2 is 1.86 bits per heavy atom. The van der Waals surface area contributed by atoms with Crippen molar-refractivity contribution in [1.82, 2.24) is 19.6 Å². The van der Waals surface area contributed by atoms with Gasteiger partial charge in [0.1, 0.15) is 17.7 Å². The Hall–Kier alpha value is -2.91. The maximum Gasteiger partial charge on any atom is 0.254 e. The van der Waals surface area contributed by atoms with Crippen LogP contribution in [-0.4, -0.2) is 109 Å². The first kappa shape index (κ1) is 23.8. The van der Waals surface area contributed by atoms with Crippen LogP contribution in [0.1, 0.15) is 36.5 Å². The average molecular weight is 481 g/mol. The summed E-state index contributed by atoms with van der Waals surface area (Å²) in [5.41, 5.74) is 1.52. The number of hydrogen-bond donors (Lipinski definition) is 1. The summed E-state index contributed by atoms with van der Waals surface area (Å²) < 4.78 is 5.57. The second-order valence-electron chi connectivity index (χ2n) is 9.99. The number of nitrogens with zero attached hydrogens (tertiary/aromatic N) is 5. The zero-order valence-corrected chi connectivity index (χ0v) is 20.9. The molecule has 3 fully saturated rings. The van der Waals surface area contributed by atoms with Crippen LogP contribution in [0.2, 0.25) is 0 Å². The third-order valence-corrected chi connectivity index (χ3v) is 7.68. The first-order valence-corrected chi connectivity index (χ1v) is 12.7. The van der Waals surface area contributed by atoms with E-state index < -0.39 is 0 Å². The largest absolute Gasteiger partial charge is 0.381 e. The summed E-state index contributed by atoms with van der Waals surface area (Å²) in [6.45, 7) is 6.70. The minimum Gasteiger partial charge on any atom is -0.381 e. The SMILES string of the molecule is C[C@@H]1C(=O)N(C)C2CC=C(Nc3cccc(C(=O)N4CCN(C)CC4)c3)N=C2N1C1CCOCC1. The number of rotatable bonds is 4. The summed E-state index contributed by atoms with van der Waals surface area (Å²) in [6, 6.07) is 7.60. The third-order valence-electron chi connectivity index (χ3n) is 7.68. The van der Waals surface area contributed by atoms with Crippen LogP contribution in [0, 0.1) is 0 Å². The number of anilines is 1. The number of amides is 2. The standard InChI is InChI=1S/C26H36N6O3/c1-18-25(33)30(3)22-7-8-23(28-24(22)32(18)21-9-15-35-16-10-21)27-20-6-4-5-19(17-20)26(34)31-13-11-29(2)12-14-31/h4-6,8,17-18,21-22,27H,7,9-16H2,1-3H3/t18-,22?/m1/s1. The molecular formula is C26H36N6O3. The Balaban J connectivity index is 1.35. The number of fused-ring (bicyclic) bond motifs is 1. The summed E-state index contributed by atoms with van der Waals surface area (Å²) >= 11 is 0. The van der Waals surface area contributed by atoms with Gasteiger partial charge in [0.15, 0.2) is 0 Å². The van der Waals surface area contributed by atoms with Crippen molar-refractivity contribution >= 4 is 23.3 Å². The van der Waals surface area contributed by atoms with Gasteiger partial charge >= 0.3 is 0 Å². The lowest BCUT2D eigenvalue weighted by Crippen LogP contribution is -2.66. The molecule has 0 bridgehead atoms. The summed E-state index contributed by atoms with van der Waals surface area (Å²) in [4.78, 5) is 39.3. The van der Waals surface area contributed by atoms with E-state index in [1.807, 2.05) is 54.1 Å². The quantitative estimate of drug-likeness (QED) is 0.709. The van der Waals surface area contributed by atoms with Crippen molar-refractivity contribution in [3.8, 4) is 0 Å². The lowest BCUT2D eigenvalue weighted by Gasteiger charge is -2.49. The van der Waals surface area contributed by atoms with E-state index in [0.29, 0.717) is 25.2 Å². The van der Waals surface area contributed by atoms with Gasteiger partial charge in [-0.1, -0.05) is 6.07 Å². The molecule has 9 nitrogen and oxygen atoms in total. The van der Waals surface area contributed by atoms with Crippen LogP contribution in [-0.2, 0) is 9.53 Å². The molecule has 0 spiro atoms. The first-order chi connectivity index (χ1) is 16.9. The number of nitrogens with one attached hydrogen (secondary N) is 1. The molecule has 2 amide bonds. The molecule has 35 heavy (non-hydrogen) atoms. The molecule has 1 unspecified atom stereocenters. The molecular weight excluding hydrogens is 444 g/mol. The third kappa shape index (κ3) is 4.79. The molecule has 0 aliphatic carbocycles. The van der Waals surface area contributed by atoms with Crippen LogP contribution in [0.15, 0.2) is 41.2 Å². The van der Waals surface area contributed by atoms with E-state index in [4.69, 9.17) is 9.73 Å². The van der Waals surface area contributed by atoms with E-state index in [0.717, 1.165) is 56.4 Å². The normalized spacial score (nSPS) is 26.3. The summed E-state index contributed by atoms with van der Waals surface area (Å²) in [6.07, 6.45) is 4.55. The van der Waals surface area contributed by atoms with Gasteiger partial charge in [-0.3, -0.25) is 9.59 Å². The number of carbonyl (C=O) groups is 2. The first-order valence-electron chi connectivity index (χ1n) is 12.7. The van der Waals surface area contributed by atoms with E-state index >= 15 is 0 Å². The van der Waals surface area contributed by atoms with Gasteiger partial charge in [-0.05, 0) is 57.5 Å². The fourth-order valence-electron chi connectivity index (χ4n) is 5.51. The maximum atomic E-state index is 13.0. The fourth-order valence-corrected chi connectivity index (χ4v) is 5.51. The molecule has 9 heteroatoms. The molecule has 0 aromatic heterocycles. The van der Waals surface area contributed by atoms with Gasteiger partial charge in [-0.15, -0.1) is 0 Å². The molecule has 5 rings (SSSR count). The number of piperazine rings is 2. The number of aliphatic imine (C=N–C) groups is 1. The number of hydrogen-bond acceptors (Lipinski definition) is 7. The van der Waals surface area contributed by atoms with Gasteiger partial charge in [0.05, 0.1) is 6.04 Å². The number of ether oxygens (including phenoxy) is 1. The van der Waals surface area contributed by atoms with Crippen molar-refractivity contribution in [1.29, 1.82) is 0 Å². The van der Waals surface area contributed by atoms with Crippen molar-refractivity contribution < 1.29 is 14.3 Å². The summed E-state index contributed by atoms with van der Waals surface area (Å²) in [5, 5.41) is 3.42. The molecule has 4 aliphatic heterocycles. The van der Waals surface area contributed by atoms with E-state index in [9.17, 15) is 9.59 Å². The number of benzene rings is 1. The maximum absolute atomic E-state index is 13.0. The number of carbonyl (C=O) groups excluding carboxylic acids is 2. The second kappa shape index (κ2) is 9.99. The molecule has 188 valence electrons. The minimum absolute atomic E-state index is 0.0581. The molecule has 1 aromatic carbocycles. The van der Waals surface area contributed by atoms with Crippen molar-refractivity contribution in [2.75, 3.05) is 58.8 Å². The van der Waals surface area contributed by atoms with Gasteiger partial charge < -0.3 is 29.7 Å². The van der Waals surface area contributed by atoms with E-state index in [2.05, 4.69) is 22.2 Å². The van der Waals surface area contributed by atoms with E-state index in [-0.39, 0.29) is 29.9 Å². The number of amidine groups is 1. The molecule has 1 aromatic rings. The predicted octanol–water partition coefficient (Wildman–Crippen LogP) is 1.84.